The van der Waals surface area contributed by atoms with Gasteiger partial charge in [-0.1, -0.05) is 39.1 Å². The van der Waals surface area contributed by atoms with E-state index in [1.165, 1.54) is 5.56 Å². The summed E-state index contributed by atoms with van der Waals surface area (Å²) >= 11 is 0. The summed E-state index contributed by atoms with van der Waals surface area (Å²) in [6, 6.07) is 10.0. The predicted molar refractivity (Wildman–Crippen MR) is 132 cm³/mol. The summed E-state index contributed by atoms with van der Waals surface area (Å²) < 4.78 is 5.50. The second-order valence-corrected chi connectivity index (χ2v) is 14.2. The monoisotopic (exact) mass is 449 g/mol. The molecule has 2 atom stereocenters. The van der Waals surface area contributed by atoms with E-state index in [4.69, 9.17) is 4.74 Å². The summed E-state index contributed by atoms with van der Waals surface area (Å²) in [6.07, 6.45) is 4.56. The molecule has 1 aliphatic heterocycles. The van der Waals surface area contributed by atoms with E-state index in [1.807, 2.05) is 30.2 Å². The molecule has 6 heteroatoms. The van der Waals surface area contributed by atoms with Crippen molar-refractivity contribution in [1.82, 2.24) is 15.2 Å². The van der Waals surface area contributed by atoms with Crippen molar-refractivity contribution in [1.29, 1.82) is 0 Å². The molecule has 1 aromatic heterocycles. The molecule has 170 valence electrons. The molecule has 0 bridgehead atoms. The summed E-state index contributed by atoms with van der Waals surface area (Å²) in [5.41, 5.74) is 7.56. The Kier molecular flexibility index (Phi) is 7.76. The summed E-state index contributed by atoms with van der Waals surface area (Å²) in [5, 5.41) is 3.64. The van der Waals surface area contributed by atoms with Gasteiger partial charge in [-0.05, 0) is 66.8 Å². The second-order valence-electron chi connectivity index (χ2n) is 9.44. The van der Waals surface area contributed by atoms with Gasteiger partial charge < -0.3 is 9.64 Å². The third-order valence-electron chi connectivity index (χ3n) is 5.60. The Labute approximate surface area is 193 Å². The predicted octanol–water partition coefficient (Wildman–Crippen LogP) is 4.47. The van der Waals surface area contributed by atoms with Crippen LogP contribution in [0.5, 0.6) is 5.75 Å². The number of carbonyl (C=O) groups is 1. The Morgan fingerprint density at radius 3 is 2.72 bits per heavy atom. The molecule has 0 radical (unpaired) electrons. The van der Waals surface area contributed by atoms with E-state index in [0.29, 0.717) is 0 Å². The van der Waals surface area contributed by atoms with Crippen LogP contribution in [0.15, 0.2) is 36.5 Å². The number of ether oxygens (including phenoxy) is 1. The van der Waals surface area contributed by atoms with Gasteiger partial charge in [-0.3, -0.25) is 15.1 Å². The highest BCUT2D eigenvalue weighted by molar-refractivity contribution is 6.84. The molecule has 2 aromatic rings. The quantitative estimate of drug-likeness (QED) is 0.402. The molecule has 2 heterocycles. The van der Waals surface area contributed by atoms with E-state index >= 15 is 0 Å². The van der Waals surface area contributed by atoms with Crippen molar-refractivity contribution in [3.63, 3.8) is 0 Å². The smallest absolute Gasteiger partial charge is 0.299 e. The highest BCUT2D eigenvalue weighted by Gasteiger charge is 2.38. The van der Waals surface area contributed by atoms with E-state index in [2.05, 4.69) is 66.5 Å². The molecule has 3 rings (SSSR count). The van der Waals surface area contributed by atoms with Crippen molar-refractivity contribution < 1.29 is 9.53 Å². The van der Waals surface area contributed by atoms with Crippen molar-refractivity contribution in [2.24, 2.45) is 0 Å². The van der Waals surface area contributed by atoms with Crippen LogP contribution >= 0.6 is 0 Å². The fraction of sp³-hybridized carbons (Fsp3) is 0.462. The number of amides is 1. The zero-order chi connectivity index (χ0) is 23.3. The fourth-order valence-electron chi connectivity index (χ4n) is 4.05. The summed E-state index contributed by atoms with van der Waals surface area (Å²) in [6.45, 7) is 11.5. The van der Waals surface area contributed by atoms with Crippen molar-refractivity contribution in [2.75, 3.05) is 13.7 Å². The van der Waals surface area contributed by atoms with Gasteiger partial charge in [0.2, 0.25) is 0 Å². The van der Waals surface area contributed by atoms with Crippen LogP contribution in [0.2, 0.25) is 19.6 Å². The molecule has 0 unspecified atom stereocenters. The maximum atomic E-state index is 13.6. The number of nitrogens with zero attached hydrogens (tertiary/aromatic N) is 2. The molecule has 0 saturated heterocycles. The molecular weight excluding hydrogens is 414 g/mol. The van der Waals surface area contributed by atoms with Crippen LogP contribution in [-0.2, 0) is 11.2 Å². The minimum Gasteiger partial charge on any atom is -0.497 e. The van der Waals surface area contributed by atoms with E-state index in [-0.39, 0.29) is 18.1 Å². The molecule has 0 aliphatic carbocycles. The number of aryl methyl sites for hydroxylation is 1. The standard InChI is InChI=1S/C26H35N3O2Si/c1-7-8-13-28-24-18-21-17-22(31-3)9-10-23(21)26(20-11-14-27-19(2)16-20)29(24)25(30)12-15-32(4,5)6/h9-11,14,16-17,24,26,28H,7-8,13,18H2,1-6H3/t24-,26+/m1/s1. The Morgan fingerprint density at radius 1 is 1.28 bits per heavy atom. The molecule has 32 heavy (non-hydrogen) atoms. The summed E-state index contributed by atoms with van der Waals surface area (Å²) in [5.74, 6) is 3.71. The van der Waals surface area contributed by atoms with Crippen LogP contribution < -0.4 is 10.1 Å². The number of fused-ring (bicyclic) bond motifs is 1. The Bertz CT molecular complexity index is 1020. The molecule has 1 N–H and O–H groups in total. The maximum Gasteiger partial charge on any atom is 0.299 e. The molecule has 1 aromatic carbocycles. The normalized spacial score (nSPS) is 17.9. The fourth-order valence-corrected chi connectivity index (χ4v) is 4.53. The van der Waals surface area contributed by atoms with Crippen LogP contribution in [0.4, 0.5) is 0 Å². The van der Waals surface area contributed by atoms with Crippen molar-refractivity contribution in [2.45, 2.75) is 65.0 Å². The van der Waals surface area contributed by atoms with Crippen LogP contribution in [0.1, 0.15) is 48.2 Å². The van der Waals surface area contributed by atoms with Gasteiger partial charge >= 0.3 is 0 Å². The van der Waals surface area contributed by atoms with E-state index < -0.39 is 8.07 Å². The number of carbonyl (C=O) groups excluding carboxylic acids is 1. The lowest BCUT2D eigenvalue weighted by molar-refractivity contribution is -0.130. The van der Waals surface area contributed by atoms with Gasteiger partial charge in [0.15, 0.2) is 0 Å². The highest BCUT2D eigenvalue weighted by atomic mass is 28.3. The Balaban J connectivity index is 2.14. The first-order valence-electron chi connectivity index (χ1n) is 11.4. The van der Waals surface area contributed by atoms with Crippen LogP contribution in [-0.4, -0.2) is 43.7 Å². The average molecular weight is 450 g/mol. The molecular formula is C26H35N3O2Si. The van der Waals surface area contributed by atoms with Crippen LogP contribution in [0.25, 0.3) is 0 Å². The molecule has 0 spiro atoms. The molecule has 0 saturated carbocycles. The Hall–Kier alpha value is -2.62. The first-order valence-corrected chi connectivity index (χ1v) is 14.9. The average Bonchev–Trinajstić information content (AvgIpc) is 2.75. The number of methoxy groups -OCH3 is 1. The van der Waals surface area contributed by atoms with Gasteiger partial charge in [0, 0.05) is 18.3 Å². The zero-order valence-corrected chi connectivity index (χ0v) is 21.2. The number of nitrogens with one attached hydrogen (secondary N) is 1. The highest BCUT2D eigenvalue weighted by Crippen LogP contribution is 2.39. The zero-order valence-electron chi connectivity index (χ0n) is 20.2. The third kappa shape index (κ3) is 5.79. The number of unbranched alkanes of at least 4 members (excludes halogenated alkanes) is 1. The largest absolute Gasteiger partial charge is 0.497 e. The van der Waals surface area contributed by atoms with E-state index in [0.717, 1.165) is 48.4 Å². The molecule has 0 fully saturated rings. The van der Waals surface area contributed by atoms with E-state index in [1.54, 1.807) is 7.11 Å². The lowest BCUT2D eigenvalue weighted by Crippen LogP contribution is -2.54. The summed E-state index contributed by atoms with van der Waals surface area (Å²) in [7, 11) is 0.000939. The third-order valence-corrected chi connectivity index (χ3v) is 6.47. The summed E-state index contributed by atoms with van der Waals surface area (Å²) in [4.78, 5) is 19.9. The maximum absolute atomic E-state index is 13.6. The topological polar surface area (TPSA) is 54.5 Å². The minimum atomic E-state index is -1.69. The van der Waals surface area contributed by atoms with Gasteiger partial charge in [-0.2, -0.15) is 0 Å². The number of pyridine rings is 1. The van der Waals surface area contributed by atoms with Gasteiger partial charge in [-0.15, -0.1) is 5.54 Å². The minimum absolute atomic E-state index is 0.123. The van der Waals surface area contributed by atoms with Crippen molar-refractivity contribution in [3.8, 4) is 17.2 Å². The number of rotatable bonds is 6. The van der Waals surface area contributed by atoms with Crippen molar-refractivity contribution in [3.05, 3.63) is 58.9 Å². The molecule has 1 aliphatic rings. The lowest BCUT2D eigenvalue weighted by Gasteiger charge is -2.43. The second kappa shape index (κ2) is 10.3. The number of hydrogen-bond donors (Lipinski definition) is 1. The van der Waals surface area contributed by atoms with Crippen LogP contribution in [0, 0.1) is 18.4 Å². The van der Waals surface area contributed by atoms with Crippen LogP contribution in [0.3, 0.4) is 0 Å². The SMILES string of the molecule is CCCCN[C@H]1Cc2cc(OC)ccc2[C@H](c2ccnc(C)c2)N1C(=O)C#C[Si](C)(C)C. The van der Waals surface area contributed by atoms with Gasteiger partial charge in [0.1, 0.15) is 13.8 Å². The van der Waals surface area contributed by atoms with Gasteiger partial charge in [-0.25, -0.2) is 0 Å². The molecule has 5 nitrogen and oxygen atoms in total. The first kappa shape index (κ1) is 24.0. The molecule has 1 amide bonds. The first-order chi connectivity index (χ1) is 15.2. The van der Waals surface area contributed by atoms with Gasteiger partial charge in [0.05, 0.1) is 19.3 Å². The van der Waals surface area contributed by atoms with Crippen molar-refractivity contribution >= 4 is 14.0 Å². The van der Waals surface area contributed by atoms with Gasteiger partial charge in [0.25, 0.3) is 5.91 Å². The Morgan fingerprint density at radius 2 is 2.06 bits per heavy atom. The van der Waals surface area contributed by atoms with E-state index in [9.17, 15) is 4.79 Å². The number of aromatic nitrogens is 1. The lowest BCUT2D eigenvalue weighted by atomic mass is 9.86. The number of benzene rings is 1. The number of hydrogen-bond acceptors (Lipinski definition) is 4.